The maximum Gasteiger partial charge on any atom is 0.231 e. The average molecular weight is 374 g/mol. The highest BCUT2D eigenvalue weighted by molar-refractivity contribution is 7.15. The largest absolute Gasteiger partial charge is 0.497 e. The zero-order chi connectivity index (χ0) is 18.7. The zero-order valence-corrected chi connectivity index (χ0v) is 15.9. The van der Waals surface area contributed by atoms with E-state index in [4.69, 9.17) is 4.74 Å². The average Bonchev–Trinajstić information content (AvgIpc) is 3.21. The Balaban J connectivity index is 1.62. The lowest BCUT2D eigenvalue weighted by molar-refractivity contribution is -0.122. The molecule has 26 heavy (non-hydrogen) atoms. The van der Waals surface area contributed by atoms with Crippen molar-refractivity contribution in [3.8, 4) is 5.75 Å². The van der Waals surface area contributed by atoms with E-state index in [9.17, 15) is 9.59 Å². The van der Waals surface area contributed by atoms with Crippen LogP contribution >= 0.6 is 11.3 Å². The van der Waals surface area contributed by atoms with Gasteiger partial charge in [-0.25, -0.2) is 0 Å². The molecular formula is C18H22N4O3S. The number of rotatable bonds is 6. The van der Waals surface area contributed by atoms with Crippen molar-refractivity contribution >= 4 is 34.0 Å². The minimum atomic E-state index is -0.401. The molecule has 138 valence electrons. The van der Waals surface area contributed by atoms with Gasteiger partial charge in [-0.1, -0.05) is 25.2 Å². The molecule has 1 aromatic carbocycles. The lowest BCUT2D eigenvalue weighted by atomic mass is 10.1. The molecule has 1 atom stereocenters. The second kappa shape index (κ2) is 7.82. The standard InChI is InChI=1S/C18H22N4O3S/c1-11(2)8-15-20-21-18(26-15)19-17(24)12-9-16(23)22(10-12)13-4-6-14(25-3)7-5-13/h4-7,11-12H,8-10H2,1-3H3,(H,19,21,24)/t12-/m1/s1. The van der Waals surface area contributed by atoms with Crippen molar-refractivity contribution < 1.29 is 14.3 Å². The number of anilines is 2. The Morgan fingerprint density at radius 1 is 1.35 bits per heavy atom. The SMILES string of the molecule is COc1ccc(N2C[C@H](C(=O)Nc3nnc(CC(C)C)s3)CC2=O)cc1. The van der Waals surface area contributed by atoms with Gasteiger partial charge < -0.3 is 15.0 Å². The fourth-order valence-electron chi connectivity index (χ4n) is 2.84. The summed E-state index contributed by atoms with van der Waals surface area (Å²) in [5.74, 6) is 0.553. The summed E-state index contributed by atoms with van der Waals surface area (Å²) in [5.41, 5.74) is 0.765. The topological polar surface area (TPSA) is 84.4 Å². The van der Waals surface area contributed by atoms with Crippen LogP contribution in [0.1, 0.15) is 25.3 Å². The summed E-state index contributed by atoms with van der Waals surface area (Å²) in [4.78, 5) is 26.4. The second-order valence-corrected chi connectivity index (χ2v) is 7.75. The molecule has 0 bridgehead atoms. The molecule has 8 heteroatoms. The molecule has 3 rings (SSSR count). The van der Waals surface area contributed by atoms with Crippen molar-refractivity contribution in [2.75, 3.05) is 23.9 Å². The van der Waals surface area contributed by atoms with Crippen molar-refractivity contribution in [1.82, 2.24) is 10.2 Å². The molecule has 0 aliphatic carbocycles. The monoisotopic (exact) mass is 374 g/mol. The maximum absolute atomic E-state index is 12.5. The van der Waals surface area contributed by atoms with Gasteiger partial charge in [-0.15, -0.1) is 10.2 Å². The van der Waals surface area contributed by atoms with Gasteiger partial charge >= 0.3 is 0 Å². The van der Waals surface area contributed by atoms with Crippen molar-refractivity contribution in [3.63, 3.8) is 0 Å². The molecule has 0 saturated carbocycles. The Morgan fingerprint density at radius 2 is 2.08 bits per heavy atom. The summed E-state index contributed by atoms with van der Waals surface area (Å²) >= 11 is 1.38. The van der Waals surface area contributed by atoms with E-state index in [1.54, 1.807) is 24.1 Å². The van der Waals surface area contributed by atoms with Gasteiger partial charge in [-0.2, -0.15) is 0 Å². The van der Waals surface area contributed by atoms with E-state index in [2.05, 4.69) is 29.4 Å². The molecule has 2 heterocycles. The summed E-state index contributed by atoms with van der Waals surface area (Å²) in [6.07, 6.45) is 1.02. The number of ether oxygens (including phenoxy) is 1. The maximum atomic E-state index is 12.5. The third-order valence-electron chi connectivity index (χ3n) is 4.16. The van der Waals surface area contributed by atoms with Crippen molar-refractivity contribution in [1.29, 1.82) is 0 Å². The summed E-state index contributed by atoms with van der Waals surface area (Å²) in [6.45, 7) is 4.57. The zero-order valence-electron chi connectivity index (χ0n) is 15.1. The molecule has 7 nitrogen and oxygen atoms in total. The molecule has 1 saturated heterocycles. The molecule has 2 aromatic rings. The fraction of sp³-hybridized carbons (Fsp3) is 0.444. The number of aromatic nitrogens is 2. The number of carbonyl (C=O) groups excluding carboxylic acids is 2. The summed E-state index contributed by atoms with van der Waals surface area (Å²) in [7, 11) is 1.59. The van der Waals surface area contributed by atoms with E-state index in [-0.39, 0.29) is 18.2 Å². The van der Waals surface area contributed by atoms with Crippen LogP contribution < -0.4 is 15.0 Å². The minimum Gasteiger partial charge on any atom is -0.497 e. The van der Waals surface area contributed by atoms with Gasteiger partial charge in [0.25, 0.3) is 0 Å². The number of benzene rings is 1. The summed E-state index contributed by atoms with van der Waals surface area (Å²) < 4.78 is 5.13. The van der Waals surface area contributed by atoms with Gasteiger partial charge in [-0.05, 0) is 30.2 Å². The van der Waals surface area contributed by atoms with Crippen molar-refractivity contribution in [3.05, 3.63) is 29.3 Å². The predicted octanol–water partition coefficient (Wildman–Crippen LogP) is 2.74. The Labute approximate surface area is 156 Å². The van der Waals surface area contributed by atoms with Gasteiger partial charge in [0.15, 0.2) is 0 Å². The third kappa shape index (κ3) is 4.19. The molecule has 0 radical (unpaired) electrons. The number of nitrogens with one attached hydrogen (secondary N) is 1. The smallest absolute Gasteiger partial charge is 0.231 e. The van der Waals surface area contributed by atoms with Crippen LogP contribution in [0.2, 0.25) is 0 Å². The summed E-state index contributed by atoms with van der Waals surface area (Å²) in [6, 6.07) is 7.24. The van der Waals surface area contributed by atoms with Gasteiger partial charge in [0.2, 0.25) is 16.9 Å². The van der Waals surface area contributed by atoms with Crippen LogP contribution in [-0.4, -0.2) is 35.7 Å². The Kier molecular flexibility index (Phi) is 5.51. The van der Waals surface area contributed by atoms with Gasteiger partial charge in [0.1, 0.15) is 10.8 Å². The number of hydrogen-bond donors (Lipinski definition) is 1. The second-order valence-electron chi connectivity index (χ2n) is 6.69. The fourth-order valence-corrected chi connectivity index (χ4v) is 3.79. The molecule has 1 aliphatic rings. The number of carbonyl (C=O) groups is 2. The first-order chi connectivity index (χ1) is 12.5. The number of methoxy groups -OCH3 is 1. The first-order valence-electron chi connectivity index (χ1n) is 8.54. The van der Waals surface area contributed by atoms with E-state index >= 15 is 0 Å². The van der Waals surface area contributed by atoms with Crippen LogP contribution in [0, 0.1) is 11.8 Å². The van der Waals surface area contributed by atoms with E-state index < -0.39 is 5.92 Å². The van der Waals surface area contributed by atoms with Crippen molar-refractivity contribution in [2.45, 2.75) is 26.7 Å². The Morgan fingerprint density at radius 3 is 2.73 bits per heavy atom. The molecule has 1 N–H and O–H groups in total. The van der Waals surface area contributed by atoms with Crippen LogP contribution in [0.4, 0.5) is 10.8 Å². The predicted molar refractivity (Wildman–Crippen MR) is 101 cm³/mol. The number of nitrogens with zero attached hydrogens (tertiary/aromatic N) is 3. The van der Waals surface area contributed by atoms with Crippen molar-refractivity contribution in [2.24, 2.45) is 11.8 Å². The van der Waals surface area contributed by atoms with Crippen LogP contribution in [-0.2, 0) is 16.0 Å². The highest BCUT2D eigenvalue weighted by atomic mass is 32.1. The molecule has 1 fully saturated rings. The minimum absolute atomic E-state index is 0.0620. The van der Waals surface area contributed by atoms with Gasteiger partial charge in [-0.3, -0.25) is 9.59 Å². The first kappa shape index (κ1) is 18.3. The van der Waals surface area contributed by atoms with Gasteiger partial charge in [0, 0.05) is 25.1 Å². The third-order valence-corrected chi connectivity index (χ3v) is 5.02. The Bertz CT molecular complexity index is 788. The molecule has 1 aliphatic heterocycles. The summed E-state index contributed by atoms with van der Waals surface area (Å²) in [5, 5.41) is 12.3. The molecule has 0 spiro atoms. The normalized spacial score (nSPS) is 17.0. The number of hydrogen-bond acceptors (Lipinski definition) is 6. The molecule has 2 amide bonds. The highest BCUT2D eigenvalue weighted by Crippen LogP contribution is 2.28. The van der Waals surface area contributed by atoms with Crippen LogP contribution in [0.25, 0.3) is 0 Å². The highest BCUT2D eigenvalue weighted by Gasteiger charge is 2.35. The molecule has 0 unspecified atom stereocenters. The van der Waals surface area contributed by atoms with E-state index in [1.165, 1.54) is 11.3 Å². The van der Waals surface area contributed by atoms with Crippen LogP contribution in [0.3, 0.4) is 0 Å². The quantitative estimate of drug-likeness (QED) is 0.840. The van der Waals surface area contributed by atoms with Crippen LogP contribution in [0.5, 0.6) is 5.75 Å². The van der Waals surface area contributed by atoms with Crippen LogP contribution in [0.15, 0.2) is 24.3 Å². The van der Waals surface area contributed by atoms with E-state index in [0.717, 1.165) is 22.9 Å². The first-order valence-corrected chi connectivity index (χ1v) is 9.35. The lowest BCUT2D eigenvalue weighted by Crippen LogP contribution is -2.28. The van der Waals surface area contributed by atoms with E-state index in [1.807, 2.05) is 12.1 Å². The number of amides is 2. The van der Waals surface area contributed by atoms with Gasteiger partial charge in [0.05, 0.1) is 13.0 Å². The molecule has 1 aromatic heterocycles. The molecular weight excluding hydrogens is 352 g/mol. The van der Waals surface area contributed by atoms with E-state index in [0.29, 0.717) is 17.6 Å². The Hall–Kier alpha value is -2.48. The lowest BCUT2D eigenvalue weighted by Gasteiger charge is -2.16.